The third kappa shape index (κ3) is 2.70. The highest BCUT2D eigenvalue weighted by Gasteiger charge is 2.15. The van der Waals surface area contributed by atoms with Gasteiger partial charge in [-0.25, -0.2) is 0 Å². The first-order valence-electron chi connectivity index (χ1n) is 6.81. The quantitative estimate of drug-likeness (QED) is 0.653. The Morgan fingerprint density at radius 3 is 2.55 bits per heavy atom. The zero-order valence-electron chi connectivity index (χ0n) is 12.1. The lowest BCUT2D eigenvalue weighted by atomic mass is 10.1. The Balaban J connectivity index is 1.95. The number of amides is 1. The smallest absolute Gasteiger partial charge is 0.272 e. The Labute approximate surface area is 138 Å². The van der Waals surface area contributed by atoms with Gasteiger partial charge in [-0.2, -0.15) is 0 Å². The summed E-state index contributed by atoms with van der Waals surface area (Å²) in [6.07, 6.45) is 0. The molecule has 2 aromatic carbocycles. The van der Waals surface area contributed by atoms with Crippen LogP contribution in [0.3, 0.4) is 0 Å². The highest BCUT2D eigenvalue weighted by molar-refractivity contribution is 6.42. The molecule has 3 aromatic rings. The van der Waals surface area contributed by atoms with Gasteiger partial charge in [-0.3, -0.25) is 4.79 Å². The number of fused-ring (bicyclic) bond motifs is 1. The molecule has 0 fully saturated rings. The second-order valence-electron chi connectivity index (χ2n) is 5.26. The van der Waals surface area contributed by atoms with Gasteiger partial charge in [0, 0.05) is 16.6 Å². The molecule has 3 rings (SSSR count). The van der Waals surface area contributed by atoms with E-state index in [2.05, 4.69) is 16.4 Å². The molecule has 1 heterocycles. The summed E-state index contributed by atoms with van der Waals surface area (Å²) >= 11 is 11.8. The fraction of sp³-hybridized carbons (Fsp3) is 0.118. The molecule has 0 bridgehead atoms. The van der Waals surface area contributed by atoms with Gasteiger partial charge in [-0.15, -0.1) is 0 Å². The molecular weight excluding hydrogens is 319 g/mol. The molecule has 2 N–H and O–H groups in total. The monoisotopic (exact) mass is 332 g/mol. The number of aromatic nitrogens is 1. The molecule has 22 heavy (non-hydrogen) atoms. The van der Waals surface area contributed by atoms with Crippen molar-refractivity contribution < 1.29 is 4.79 Å². The Hall–Kier alpha value is -1.97. The number of benzene rings is 2. The van der Waals surface area contributed by atoms with E-state index in [9.17, 15) is 4.79 Å². The summed E-state index contributed by atoms with van der Waals surface area (Å²) in [6, 6.07) is 11.1. The predicted molar refractivity (Wildman–Crippen MR) is 92.2 cm³/mol. The van der Waals surface area contributed by atoms with Crippen molar-refractivity contribution in [3.05, 3.63) is 63.3 Å². The number of H-pyrrole nitrogens is 1. The molecule has 0 spiro atoms. The van der Waals surface area contributed by atoms with Crippen LogP contribution in [0.15, 0.2) is 36.4 Å². The van der Waals surface area contributed by atoms with E-state index < -0.39 is 0 Å². The lowest BCUT2D eigenvalue weighted by molar-refractivity contribution is 0.102. The summed E-state index contributed by atoms with van der Waals surface area (Å²) in [6.45, 7) is 3.96. The molecule has 0 unspecified atom stereocenters. The minimum Gasteiger partial charge on any atom is -0.350 e. The topological polar surface area (TPSA) is 44.9 Å². The van der Waals surface area contributed by atoms with Crippen LogP contribution in [-0.2, 0) is 0 Å². The van der Waals surface area contributed by atoms with Crippen molar-refractivity contribution in [3.63, 3.8) is 0 Å². The van der Waals surface area contributed by atoms with Gasteiger partial charge in [0.2, 0.25) is 0 Å². The van der Waals surface area contributed by atoms with Crippen LogP contribution >= 0.6 is 23.2 Å². The van der Waals surface area contributed by atoms with E-state index in [-0.39, 0.29) is 5.91 Å². The van der Waals surface area contributed by atoms with Gasteiger partial charge in [0.25, 0.3) is 5.91 Å². The average molecular weight is 333 g/mol. The molecule has 0 atom stereocenters. The van der Waals surface area contributed by atoms with Gasteiger partial charge in [0.1, 0.15) is 5.69 Å². The molecule has 0 saturated carbocycles. The maximum Gasteiger partial charge on any atom is 0.272 e. The number of aryl methyl sites for hydroxylation is 2. The summed E-state index contributed by atoms with van der Waals surface area (Å²) in [7, 11) is 0. The Morgan fingerprint density at radius 1 is 1.05 bits per heavy atom. The minimum atomic E-state index is -0.204. The molecule has 1 amide bonds. The largest absolute Gasteiger partial charge is 0.350 e. The molecule has 5 heteroatoms. The standard InChI is InChI=1S/C17H14Cl2N2O/c1-9-3-6-15-12(7-9)10(2)16(21-15)17(22)20-11-4-5-13(18)14(19)8-11/h3-8,21H,1-2H3,(H,20,22). The van der Waals surface area contributed by atoms with Gasteiger partial charge in [0.15, 0.2) is 0 Å². The predicted octanol–water partition coefficient (Wildman–Crippen LogP) is 5.34. The Kier molecular flexibility index (Phi) is 3.85. The van der Waals surface area contributed by atoms with Crippen molar-refractivity contribution in [1.29, 1.82) is 0 Å². The highest BCUT2D eigenvalue weighted by atomic mass is 35.5. The molecule has 0 aliphatic rings. The Morgan fingerprint density at radius 2 is 1.82 bits per heavy atom. The molecule has 0 radical (unpaired) electrons. The number of aromatic amines is 1. The summed E-state index contributed by atoms with van der Waals surface area (Å²) in [5, 5.41) is 4.75. The number of anilines is 1. The molecule has 0 aliphatic carbocycles. The van der Waals surface area contributed by atoms with Crippen LogP contribution in [0.5, 0.6) is 0 Å². The first-order valence-corrected chi connectivity index (χ1v) is 7.56. The lowest BCUT2D eigenvalue weighted by Gasteiger charge is -2.06. The van der Waals surface area contributed by atoms with Crippen LogP contribution < -0.4 is 5.32 Å². The van der Waals surface area contributed by atoms with Crippen LogP contribution in [-0.4, -0.2) is 10.9 Å². The third-order valence-electron chi connectivity index (χ3n) is 3.62. The van der Waals surface area contributed by atoms with Gasteiger partial charge in [0.05, 0.1) is 10.0 Å². The second kappa shape index (κ2) is 5.67. The summed E-state index contributed by atoms with van der Waals surface area (Å²) in [5.74, 6) is -0.204. The zero-order valence-corrected chi connectivity index (χ0v) is 13.6. The number of carbonyl (C=O) groups is 1. The fourth-order valence-corrected chi connectivity index (χ4v) is 2.73. The van der Waals surface area contributed by atoms with Gasteiger partial charge < -0.3 is 10.3 Å². The molecule has 3 nitrogen and oxygen atoms in total. The van der Waals surface area contributed by atoms with E-state index in [0.717, 1.165) is 22.0 Å². The fourth-order valence-electron chi connectivity index (χ4n) is 2.43. The number of hydrogen-bond acceptors (Lipinski definition) is 1. The molecular formula is C17H14Cl2N2O. The van der Waals surface area contributed by atoms with Crippen LogP contribution in [0.2, 0.25) is 10.0 Å². The first-order chi connectivity index (χ1) is 10.5. The van der Waals surface area contributed by atoms with Crippen LogP contribution in [0.25, 0.3) is 10.9 Å². The second-order valence-corrected chi connectivity index (χ2v) is 6.07. The number of nitrogens with one attached hydrogen (secondary N) is 2. The number of carbonyl (C=O) groups excluding carboxylic acids is 1. The lowest BCUT2D eigenvalue weighted by Crippen LogP contribution is -2.13. The highest BCUT2D eigenvalue weighted by Crippen LogP contribution is 2.27. The van der Waals surface area contributed by atoms with E-state index >= 15 is 0 Å². The van der Waals surface area contributed by atoms with Gasteiger partial charge in [-0.1, -0.05) is 34.8 Å². The molecule has 112 valence electrons. The van der Waals surface area contributed by atoms with Crippen molar-refractivity contribution in [2.24, 2.45) is 0 Å². The molecule has 0 aliphatic heterocycles. The van der Waals surface area contributed by atoms with Crippen LogP contribution in [0.4, 0.5) is 5.69 Å². The van der Waals surface area contributed by atoms with Crippen molar-refractivity contribution in [1.82, 2.24) is 4.98 Å². The minimum absolute atomic E-state index is 0.204. The first kappa shape index (κ1) is 14.9. The number of halogens is 2. The normalized spacial score (nSPS) is 10.9. The maximum atomic E-state index is 12.5. The van der Waals surface area contributed by atoms with E-state index in [1.807, 2.05) is 26.0 Å². The van der Waals surface area contributed by atoms with Crippen molar-refractivity contribution in [3.8, 4) is 0 Å². The Bertz CT molecular complexity index is 884. The summed E-state index contributed by atoms with van der Waals surface area (Å²) in [5.41, 5.74) is 4.19. The SMILES string of the molecule is Cc1ccc2[nH]c(C(=O)Nc3ccc(Cl)c(Cl)c3)c(C)c2c1. The zero-order chi connectivity index (χ0) is 15.9. The van der Waals surface area contributed by atoms with Gasteiger partial charge in [-0.05, 0) is 49.7 Å². The van der Waals surface area contributed by atoms with E-state index in [0.29, 0.717) is 21.4 Å². The van der Waals surface area contributed by atoms with Crippen molar-refractivity contribution >= 4 is 45.7 Å². The van der Waals surface area contributed by atoms with Crippen molar-refractivity contribution in [2.75, 3.05) is 5.32 Å². The number of rotatable bonds is 2. The maximum absolute atomic E-state index is 12.5. The molecule has 1 aromatic heterocycles. The van der Waals surface area contributed by atoms with E-state index in [4.69, 9.17) is 23.2 Å². The van der Waals surface area contributed by atoms with Gasteiger partial charge >= 0.3 is 0 Å². The van der Waals surface area contributed by atoms with E-state index in [1.165, 1.54) is 0 Å². The summed E-state index contributed by atoms with van der Waals surface area (Å²) in [4.78, 5) is 15.6. The molecule has 0 saturated heterocycles. The summed E-state index contributed by atoms with van der Waals surface area (Å²) < 4.78 is 0. The van der Waals surface area contributed by atoms with Crippen LogP contribution in [0, 0.1) is 13.8 Å². The average Bonchev–Trinajstić information content (AvgIpc) is 2.80. The number of hydrogen-bond donors (Lipinski definition) is 2. The van der Waals surface area contributed by atoms with E-state index in [1.54, 1.807) is 18.2 Å². The third-order valence-corrected chi connectivity index (χ3v) is 4.36. The van der Waals surface area contributed by atoms with Crippen LogP contribution in [0.1, 0.15) is 21.6 Å². The van der Waals surface area contributed by atoms with Crippen molar-refractivity contribution in [2.45, 2.75) is 13.8 Å².